The Morgan fingerprint density at radius 3 is 2.79 bits per heavy atom. The van der Waals surface area contributed by atoms with Gasteiger partial charge in [-0.05, 0) is 19.9 Å². The summed E-state index contributed by atoms with van der Waals surface area (Å²) in [6.45, 7) is 5.00. The van der Waals surface area contributed by atoms with Gasteiger partial charge in [-0.1, -0.05) is 0 Å². The fourth-order valence-corrected chi connectivity index (χ4v) is 1.46. The first-order valence-electron chi connectivity index (χ1n) is 4.71. The number of hydrogen-bond acceptors (Lipinski definition) is 4. The average molecular weight is 195 g/mol. The van der Waals surface area contributed by atoms with E-state index in [0.29, 0.717) is 13.1 Å². The van der Waals surface area contributed by atoms with E-state index < -0.39 is 0 Å². The highest BCUT2D eigenvalue weighted by molar-refractivity contribution is 5.53. The summed E-state index contributed by atoms with van der Waals surface area (Å²) in [5.74, 6) is 0. The summed E-state index contributed by atoms with van der Waals surface area (Å²) in [5.41, 5.74) is 9.54. The van der Waals surface area contributed by atoms with Gasteiger partial charge in [-0.2, -0.15) is 0 Å². The maximum Gasteiger partial charge on any atom is 0.0604 e. The van der Waals surface area contributed by atoms with Crippen LogP contribution in [0.5, 0.6) is 0 Å². The number of rotatable bonds is 4. The summed E-state index contributed by atoms with van der Waals surface area (Å²) in [6, 6.07) is 1.95. The zero-order valence-corrected chi connectivity index (χ0v) is 8.67. The van der Waals surface area contributed by atoms with Crippen molar-refractivity contribution in [2.45, 2.75) is 20.4 Å². The molecular weight excluding hydrogens is 178 g/mol. The van der Waals surface area contributed by atoms with Crippen LogP contribution in [0.2, 0.25) is 0 Å². The lowest BCUT2D eigenvalue weighted by Crippen LogP contribution is -2.12. The van der Waals surface area contributed by atoms with Crippen LogP contribution in [0.3, 0.4) is 0 Å². The topological polar surface area (TPSA) is 71.2 Å². The maximum absolute atomic E-state index is 8.72. The third-order valence-corrected chi connectivity index (χ3v) is 2.09. The lowest BCUT2D eigenvalue weighted by molar-refractivity contribution is 0.311. The van der Waals surface area contributed by atoms with Gasteiger partial charge in [0, 0.05) is 35.7 Å². The molecule has 1 aromatic rings. The number of aliphatic hydroxyl groups excluding tert-OH is 1. The number of aromatic nitrogens is 1. The summed E-state index contributed by atoms with van der Waals surface area (Å²) in [5, 5.41) is 11.8. The van der Waals surface area contributed by atoms with Gasteiger partial charge in [-0.3, -0.25) is 4.98 Å². The van der Waals surface area contributed by atoms with E-state index in [-0.39, 0.29) is 6.61 Å². The first-order valence-corrected chi connectivity index (χ1v) is 4.71. The first-order chi connectivity index (χ1) is 6.69. The second-order valence-electron chi connectivity index (χ2n) is 3.23. The van der Waals surface area contributed by atoms with Crippen molar-refractivity contribution in [3.63, 3.8) is 0 Å². The minimum absolute atomic E-state index is 0.116. The minimum atomic E-state index is 0.116. The number of hydrogen-bond donors (Lipinski definition) is 3. The molecule has 1 aromatic heterocycles. The van der Waals surface area contributed by atoms with Gasteiger partial charge in [0.05, 0.1) is 6.61 Å². The van der Waals surface area contributed by atoms with Crippen molar-refractivity contribution >= 4 is 5.69 Å². The van der Waals surface area contributed by atoms with E-state index in [1.54, 1.807) is 0 Å². The van der Waals surface area contributed by atoms with Crippen LogP contribution in [0.1, 0.15) is 17.0 Å². The molecule has 0 saturated heterocycles. The number of aryl methyl sites for hydroxylation is 2. The minimum Gasteiger partial charge on any atom is -0.395 e. The second-order valence-corrected chi connectivity index (χ2v) is 3.23. The molecule has 4 heteroatoms. The monoisotopic (exact) mass is 195 g/mol. The van der Waals surface area contributed by atoms with E-state index in [1.165, 1.54) is 0 Å². The summed E-state index contributed by atoms with van der Waals surface area (Å²) in [6.07, 6.45) is 0. The number of anilines is 1. The Balaban J connectivity index is 2.99. The molecule has 0 bridgehead atoms. The molecule has 0 spiro atoms. The Hall–Kier alpha value is -1.13. The van der Waals surface area contributed by atoms with Gasteiger partial charge >= 0.3 is 0 Å². The van der Waals surface area contributed by atoms with Gasteiger partial charge in [0.1, 0.15) is 0 Å². The summed E-state index contributed by atoms with van der Waals surface area (Å²) >= 11 is 0. The van der Waals surface area contributed by atoms with Gasteiger partial charge < -0.3 is 16.2 Å². The molecule has 0 aliphatic heterocycles. The Morgan fingerprint density at radius 2 is 2.21 bits per heavy atom. The molecule has 0 saturated carbocycles. The normalized spacial score (nSPS) is 10.3. The van der Waals surface area contributed by atoms with Crippen LogP contribution < -0.4 is 11.1 Å². The Morgan fingerprint density at radius 1 is 1.50 bits per heavy atom. The SMILES string of the molecule is Cc1cc(NCCO)c(CN)c(C)n1. The number of nitrogens with two attached hydrogens (primary N) is 1. The van der Waals surface area contributed by atoms with Gasteiger partial charge in [-0.15, -0.1) is 0 Å². The first kappa shape index (κ1) is 10.9. The van der Waals surface area contributed by atoms with Crippen LogP contribution in [-0.4, -0.2) is 23.2 Å². The zero-order chi connectivity index (χ0) is 10.6. The molecule has 4 N–H and O–H groups in total. The maximum atomic E-state index is 8.72. The molecule has 0 aromatic carbocycles. The van der Waals surface area contributed by atoms with Crippen LogP contribution in [0.15, 0.2) is 6.07 Å². The van der Waals surface area contributed by atoms with Crippen LogP contribution >= 0.6 is 0 Å². The lowest BCUT2D eigenvalue weighted by atomic mass is 10.1. The van der Waals surface area contributed by atoms with Crippen molar-refractivity contribution in [3.05, 3.63) is 23.0 Å². The fraction of sp³-hybridized carbons (Fsp3) is 0.500. The summed E-state index contributed by atoms with van der Waals surface area (Å²) < 4.78 is 0. The summed E-state index contributed by atoms with van der Waals surface area (Å²) in [7, 11) is 0. The second kappa shape index (κ2) is 4.93. The molecule has 0 amide bonds. The Kier molecular flexibility index (Phi) is 3.85. The Labute approximate surface area is 84.2 Å². The van der Waals surface area contributed by atoms with Crippen LogP contribution in [0.4, 0.5) is 5.69 Å². The molecule has 14 heavy (non-hydrogen) atoms. The van der Waals surface area contributed by atoms with Crippen molar-refractivity contribution < 1.29 is 5.11 Å². The average Bonchev–Trinajstić information content (AvgIpc) is 2.14. The van der Waals surface area contributed by atoms with E-state index in [2.05, 4.69) is 10.3 Å². The zero-order valence-electron chi connectivity index (χ0n) is 8.67. The van der Waals surface area contributed by atoms with Gasteiger partial charge in [0.25, 0.3) is 0 Å². The standard InChI is InChI=1S/C10H17N3O/c1-7-5-10(12-3-4-14)9(6-11)8(2)13-7/h5,14H,3-4,6,11H2,1-2H3,(H,12,13). The third kappa shape index (κ3) is 2.43. The largest absolute Gasteiger partial charge is 0.395 e. The molecule has 0 aliphatic carbocycles. The predicted molar refractivity (Wildman–Crippen MR) is 57.2 cm³/mol. The number of nitrogens with zero attached hydrogens (tertiary/aromatic N) is 1. The molecule has 0 radical (unpaired) electrons. The predicted octanol–water partition coefficient (Wildman–Crippen LogP) is 0.561. The summed E-state index contributed by atoms with van der Waals surface area (Å²) in [4.78, 5) is 4.33. The molecule has 0 atom stereocenters. The molecule has 1 heterocycles. The molecule has 1 rings (SSSR count). The van der Waals surface area contributed by atoms with Gasteiger partial charge in [0.15, 0.2) is 0 Å². The molecule has 0 aliphatic rings. The van der Waals surface area contributed by atoms with Gasteiger partial charge in [0.2, 0.25) is 0 Å². The Bertz CT molecular complexity index is 312. The molecule has 4 nitrogen and oxygen atoms in total. The molecule has 78 valence electrons. The number of pyridine rings is 1. The molecular formula is C10H17N3O. The highest BCUT2D eigenvalue weighted by Crippen LogP contribution is 2.18. The highest BCUT2D eigenvalue weighted by Gasteiger charge is 2.05. The van der Waals surface area contributed by atoms with Crippen molar-refractivity contribution in [3.8, 4) is 0 Å². The number of nitrogens with one attached hydrogen (secondary N) is 1. The smallest absolute Gasteiger partial charge is 0.0604 e. The van der Waals surface area contributed by atoms with Crippen molar-refractivity contribution in [1.29, 1.82) is 0 Å². The van der Waals surface area contributed by atoms with Crippen LogP contribution in [0.25, 0.3) is 0 Å². The third-order valence-electron chi connectivity index (χ3n) is 2.09. The number of aliphatic hydroxyl groups is 1. The van der Waals surface area contributed by atoms with Crippen LogP contribution in [-0.2, 0) is 6.54 Å². The van der Waals surface area contributed by atoms with E-state index in [1.807, 2.05) is 19.9 Å². The van der Waals surface area contributed by atoms with Crippen molar-refractivity contribution in [2.75, 3.05) is 18.5 Å². The molecule has 0 unspecified atom stereocenters. The lowest BCUT2D eigenvalue weighted by Gasteiger charge is -2.12. The fourth-order valence-electron chi connectivity index (χ4n) is 1.46. The van der Waals surface area contributed by atoms with E-state index in [4.69, 9.17) is 10.8 Å². The highest BCUT2D eigenvalue weighted by atomic mass is 16.3. The van der Waals surface area contributed by atoms with E-state index >= 15 is 0 Å². The van der Waals surface area contributed by atoms with Crippen molar-refractivity contribution in [1.82, 2.24) is 4.98 Å². The van der Waals surface area contributed by atoms with Crippen molar-refractivity contribution in [2.24, 2.45) is 5.73 Å². The van der Waals surface area contributed by atoms with Gasteiger partial charge in [-0.25, -0.2) is 0 Å². The van der Waals surface area contributed by atoms with E-state index in [0.717, 1.165) is 22.6 Å². The van der Waals surface area contributed by atoms with E-state index in [9.17, 15) is 0 Å². The van der Waals surface area contributed by atoms with Crippen LogP contribution in [0, 0.1) is 13.8 Å². The molecule has 0 fully saturated rings. The quantitative estimate of drug-likeness (QED) is 0.656.